The van der Waals surface area contributed by atoms with Gasteiger partial charge in [-0.15, -0.1) is 11.3 Å². The zero-order chi connectivity index (χ0) is 18.1. The molecule has 0 aliphatic rings. The third-order valence-corrected chi connectivity index (χ3v) is 5.63. The normalized spacial score (nSPS) is 10.8. The monoisotopic (exact) mass is 426 g/mol. The molecule has 130 valence electrons. The van der Waals surface area contributed by atoms with E-state index in [4.69, 9.17) is 8.57 Å². The summed E-state index contributed by atoms with van der Waals surface area (Å²) in [7, 11) is 0. The van der Waals surface area contributed by atoms with Gasteiger partial charge in [-0.25, -0.2) is 0 Å². The third-order valence-electron chi connectivity index (χ3n) is 4.08. The molecule has 0 amide bonds. The lowest BCUT2D eigenvalue weighted by molar-refractivity contribution is 0.467. The van der Waals surface area contributed by atoms with Crippen molar-refractivity contribution in [2.75, 3.05) is 0 Å². The largest absolute Gasteiger partial charge is 0.508 e. The molecule has 4 rings (SSSR count). The van der Waals surface area contributed by atoms with E-state index in [-0.39, 0.29) is 5.75 Å². The van der Waals surface area contributed by atoms with Crippen molar-refractivity contribution >= 4 is 37.7 Å². The second-order valence-electron chi connectivity index (χ2n) is 5.96. The number of aromatic hydroxyl groups is 1. The van der Waals surface area contributed by atoms with Gasteiger partial charge in [-0.3, -0.25) is 0 Å². The van der Waals surface area contributed by atoms with Gasteiger partial charge in [-0.1, -0.05) is 29.8 Å². The number of fused-ring (bicyclic) bond motifs is 1. The first-order valence-electron chi connectivity index (χ1n) is 8.03. The van der Waals surface area contributed by atoms with Crippen LogP contribution in [0.2, 0.25) is 0 Å². The molecule has 0 aliphatic carbocycles. The molecule has 0 radical (unpaired) electrons. The molecule has 3 nitrogen and oxygen atoms in total. The van der Waals surface area contributed by atoms with Crippen molar-refractivity contribution in [3.05, 3.63) is 72.3 Å². The molecule has 0 saturated heterocycles. The molecule has 0 aliphatic heterocycles. The first-order chi connectivity index (χ1) is 12.6. The number of hydrogen-bond acceptors (Lipinski definition) is 4. The van der Waals surface area contributed by atoms with Crippen LogP contribution >= 0.6 is 27.6 Å². The molecular weight excluding hydrogens is 412 g/mol. The van der Waals surface area contributed by atoms with E-state index in [0.717, 1.165) is 32.0 Å². The van der Waals surface area contributed by atoms with Gasteiger partial charge in [0.25, 0.3) is 0 Å². The zero-order valence-electron chi connectivity index (χ0n) is 13.9. The van der Waals surface area contributed by atoms with Crippen LogP contribution in [0.4, 0.5) is 0 Å². The molecule has 1 heterocycles. The summed E-state index contributed by atoms with van der Waals surface area (Å²) in [6.07, 6.45) is 0. The Hall–Kier alpha value is -2.50. The highest BCUT2D eigenvalue weighted by molar-refractivity contribution is 9.06. The molecule has 0 saturated carbocycles. The van der Waals surface area contributed by atoms with Crippen LogP contribution in [0.5, 0.6) is 23.0 Å². The fourth-order valence-corrected chi connectivity index (χ4v) is 4.09. The molecule has 3 aromatic carbocycles. The van der Waals surface area contributed by atoms with E-state index in [0.29, 0.717) is 5.75 Å². The Labute approximate surface area is 163 Å². The number of rotatable bonds is 4. The van der Waals surface area contributed by atoms with Crippen molar-refractivity contribution < 1.29 is 13.7 Å². The van der Waals surface area contributed by atoms with Gasteiger partial charge in [0, 0.05) is 10.1 Å². The van der Waals surface area contributed by atoms with Crippen LogP contribution in [0, 0.1) is 6.92 Å². The van der Waals surface area contributed by atoms with Crippen molar-refractivity contribution in [2.24, 2.45) is 0 Å². The number of phenolic OH excluding ortho intramolecular Hbond substituents is 1. The number of phenols is 1. The van der Waals surface area contributed by atoms with Gasteiger partial charge in [-0.2, -0.15) is 0 Å². The number of aryl methyl sites for hydroxylation is 1. The standard InChI is InChI=1S/C21H15BrO3S/c1-13-2-4-14(5-3-13)21-20(24-16-8-6-15(23)7-9-16)18-11-10-17(25-22)12-19(18)26-21/h2-12,23H,1H3. The lowest BCUT2D eigenvalue weighted by atomic mass is 10.1. The number of benzene rings is 3. The molecular formula is C21H15BrO3S. The maximum absolute atomic E-state index is 9.50. The van der Waals surface area contributed by atoms with E-state index in [1.54, 1.807) is 35.6 Å². The molecule has 26 heavy (non-hydrogen) atoms. The van der Waals surface area contributed by atoms with Crippen molar-refractivity contribution in [3.63, 3.8) is 0 Å². The van der Waals surface area contributed by atoms with Crippen LogP contribution in [-0.2, 0) is 0 Å². The summed E-state index contributed by atoms with van der Waals surface area (Å²) in [5, 5.41) is 10.5. The Bertz CT molecular complexity index is 1050. The SMILES string of the molecule is Cc1ccc(-c2sc3cc(OBr)ccc3c2Oc2ccc(O)cc2)cc1. The summed E-state index contributed by atoms with van der Waals surface area (Å²) in [5.41, 5.74) is 2.32. The van der Waals surface area contributed by atoms with Gasteiger partial charge in [-0.05, 0) is 55.0 Å². The number of thiophene rings is 1. The van der Waals surface area contributed by atoms with Crippen LogP contribution in [-0.4, -0.2) is 5.11 Å². The predicted octanol–water partition coefficient (Wildman–Crippen LogP) is 7.06. The molecule has 1 aromatic heterocycles. The van der Waals surface area contributed by atoms with E-state index in [1.807, 2.05) is 18.2 Å². The van der Waals surface area contributed by atoms with Crippen molar-refractivity contribution in [3.8, 4) is 33.4 Å². The Morgan fingerprint density at radius 1 is 0.885 bits per heavy atom. The minimum Gasteiger partial charge on any atom is -0.508 e. The highest BCUT2D eigenvalue weighted by Crippen LogP contribution is 2.47. The van der Waals surface area contributed by atoms with E-state index in [9.17, 15) is 5.11 Å². The molecule has 0 spiro atoms. The summed E-state index contributed by atoms with van der Waals surface area (Å²) in [5.74, 6) is 2.44. The minimum absolute atomic E-state index is 0.213. The van der Waals surface area contributed by atoms with Crippen LogP contribution in [0.25, 0.3) is 20.5 Å². The Kier molecular flexibility index (Phi) is 4.57. The molecule has 0 bridgehead atoms. The van der Waals surface area contributed by atoms with Gasteiger partial charge >= 0.3 is 0 Å². The van der Waals surface area contributed by atoms with Crippen LogP contribution < -0.4 is 8.57 Å². The first kappa shape index (κ1) is 16.9. The van der Waals surface area contributed by atoms with Crippen LogP contribution in [0.15, 0.2) is 66.7 Å². The van der Waals surface area contributed by atoms with Gasteiger partial charge < -0.3 is 13.7 Å². The zero-order valence-corrected chi connectivity index (χ0v) is 16.3. The maximum Gasteiger partial charge on any atom is 0.179 e. The van der Waals surface area contributed by atoms with Gasteiger partial charge in [0.2, 0.25) is 0 Å². The fraction of sp³-hybridized carbons (Fsp3) is 0.0476. The smallest absolute Gasteiger partial charge is 0.179 e. The molecule has 1 N–H and O–H groups in total. The minimum atomic E-state index is 0.213. The third kappa shape index (κ3) is 3.28. The summed E-state index contributed by atoms with van der Waals surface area (Å²) < 4.78 is 12.5. The maximum atomic E-state index is 9.50. The van der Waals surface area contributed by atoms with Crippen LogP contribution in [0.1, 0.15) is 5.56 Å². The van der Waals surface area contributed by atoms with Crippen molar-refractivity contribution in [2.45, 2.75) is 6.92 Å². The highest BCUT2D eigenvalue weighted by Gasteiger charge is 2.17. The molecule has 4 aromatic rings. The van der Waals surface area contributed by atoms with E-state index in [2.05, 4.69) is 47.4 Å². The first-order valence-corrected chi connectivity index (χ1v) is 9.49. The highest BCUT2D eigenvalue weighted by atomic mass is 79.9. The van der Waals surface area contributed by atoms with E-state index in [1.165, 1.54) is 5.56 Å². The second-order valence-corrected chi connectivity index (χ2v) is 7.33. The van der Waals surface area contributed by atoms with Gasteiger partial charge in [0.05, 0.1) is 4.88 Å². The second kappa shape index (κ2) is 7.02. The average molecular weight is 427 g/mol. The lowest BCUT2D eigenvalue weighted by Crippen LogP contribution is -1.85. The Balaban J connectivity index is 1.87. The topological polar surface area (TPSA) is 38.7 Å². The van der Waals surface area contributed by atoms with Crippen molar-refractivity contribution in [1.29, 1.82) is 0 Å². The number of halogens is 1. The molecule has 0 atom stereocenters. The Morgan fingerprint density at radius 2 is 1.58 bits per heavy atom. The lowest BCUT2D eigenvalue weighted by Gasteiger charge is -2.08. The van der Waals surface area contributed by atoms with Gasteiger partial charge in [0.15, 0.2) is 22.0 Å². The van der Waals surface area contributed by atoms with Crippen LogP contribution in [0.3, 0.4) is 0 Å². The average Bonchev–Trinajstić information content (AvgIpc) is 3.01. The molecule has 0 unspecified atom stereocenters. The molecule has 5 heteroatoms. The number of ether oxygens (including phenoxy) is 1. The summed E-state index contributed by atoms with van der Waals surface area (Å²) in [6, 6.07) is 21.0. The summed E-state index contributed by atoms with van der Waals surface area (Å²) >= 11 is 4.69. The summed E-state index contributed by atoms with van der Waals surface area (Å²) in [6.45, 7) is 2.07. The summed E-state index contributed by atoms with van der Waals surface area (Å²) in [4.78, 5) is 1.06. The quantitative estimate of drug-likeness (QED) is 0.379. The number of hydrogen-bond donors (Lipinski definition) is 1. The van der Waals surface area contributed by atoms with E-state index >= 15 is 0 Å². The van der Waals surface area contributed by atoms with E-state index < -0.39 is 0 Å². The van der Waals surface area contributed by atoms with Crippen molar-refractivity contribution in [1.82, 2.24) is 0 Å². The van der Waals surface area contributed by atoms with Gasteiger partial charge in [0.1, 0.15) is 17.2 Å². The Morgan fingerprint density at radius 3 is 2.27 bits per heavy atom. The fourth-order valence-electron chi connectivity index (χ4n) is 2.73. The predicted molar refractivity (Wildman–Crippen MR) is 110 cm³/mol. The molecule has 0 fully saturated rings.